The van der Waals surface area contributed by atoms with Crippen LogP contribution >= 0.6 is 7.82 Å². The maximum Gasteiger partial charge on any atom is 0.592 e. The summed E-state index contributed by atoms with van der Waals surface area (Å²) >= 11 is 0. The molecule has 0 amide bonds. The van der Waals surface area contributed by atoms with Crippen LogP contribution in [0.1, 0.15) is 168 Å². The molecule has 0 radical (unpaired) electrons. The van der Waals surface area contributed by atoms with E-state index in [2.05, 4.69) is 62.5 Å². The van der Waals surface area contributed by atoms with Gasteiger partial charge in [-0.3, -0.25) is 14.1 Å². The Balaban J connectivity index is 4.00. The summed E-state index contributed by atoms with van der Waals surface area (Å²) in [7, 11) is -4.33. The minimum absolute atomic E-state index is 0.0644. The van der Waals surface area contributed by atoms with Crippen LogP contribution in [-0.4, -0.2) is 25.1 Å². The average molecular weight is 666 g/mol. The molecule has 0 aromatic heterocycles. The molecule has 7 nitrogen and oxygen atoms in total. The van der Waals surface area contributed by atoms with E-state index in [1.807, 2.05) is 0 Å². The number of unbranched alkanes of at least 4 members (excludes halogenated alkanes) is 16. The van der Waals surface area contributed by atoms with Crippen molar-refractivity contribution in [3.05, 3.63) is 48.6 Å². The van der Waals surface area contributed by atoms with E-state index in [0.717, 1.165) is 77.0 Å². The van der Waals surface area contributed by atoms with Gasteiger partial charge >= 0.3 is 19.8 Å². The molecule has 0 unspecified atom stereocenters. The number of hydrogen-bond acceptors (Lipinski definition) is 7. The second kappa shape index (κ2) is 34.4. The van der Waals surface area contributed by atoms with Gasteiger partial charge in [0.05, 0.1) is 6.61 Å². The molecule has 0 bridgehead atoms. The number of hydrogen-bond donors (Lipinski definition) is 1. The van der Waals surface area contributed by atoms with Crippen molar-refractivity contribution >= 4 is 19.8 Å². The van der Waals surface area contributed by atoms with Gasteiger partial charge in [-0.2, -0.15) is 0 Å². The first-order chi connectivity index (χ1) is 22.5. The van der Waals surface area contributed by atoms with Crippen LogP contribution in [0.5, 0.6) is 0 Å². The van der Waals surface area contributed by atoms with Gasteiger partial charge < -0.3 is 14.8 Å². The number of rotatable bonds is 33. The molecule has 0 aliphatic rings. The Bertz CT molecular complexity index is 818. The smallest absolute Gasteiger partial charge is 0.361 e. The first-order valence-corrected chi connectivity index (χ1v) is 19.9. The van der Waals surface area contributed by atoms with Crippen LogP contribution in [0.25, 0.3) is 0 Å². The highest BCUT2D eigenvalue weighted by atomic mass is 31.2. The SMILES string of the molecule is CCCCC/C=C\C/C=C\CCCCCCCC(=O)OP(=O)(OCCN)OC(=O)CCCCCCC/C=C\C/C=C\CCCCC. The molecular formula is C38H68NO6P. The molecule has 0 spiro atoms. The molecule has 0 aromatic rings. The van der Waals surface area contributed by atoms with Crippen molar-refractivity contribution in [2.45, 2.75) is 168 Å². The number of phosphoric acid groups is 1. The molecule has 0 aliphatic carbocycles. The van der Waals surface area contributed by atoms with E-state index in [-0.39, 0.29) is 26.0 Å². The Morgan fingerprint density at radius 1 is 0.522 bits per heavy atom. The molecule has 46 heavy (non-hydrogen) atoms. The van der Waals surface area contributed by atoms with E-state index in [0.29, 0.717) is 12.8 Å². The van der Waals surface area contributed by atoms with Crippen LogP contribution in [-0.2, 0) is 27.7 Å². The fraction of sp³-hybridized carbons (Fsp3) is 0.737. The summed E-state index contributed by atoms with van der Waals surface area (Å²) in [6.45, 7) is 4.38. The van der Waals surface area contributed by atoms with Crippen molar-refractivity contribution < 1.29 is 27.7 Å². The van der Waals surface area contributed by atoms with Gasteiger partial charge in [0.2, 0.25) is 0 Å². The Labute approximate surface area is 282 Å². The molecule has 0 aliphatic heterocycles. The maximum absolute atomic E-state index is 12.9. The van der Waals surface area contributed by atoms with Gasteiger partial charge in [0.15, 0.2) is 0 Å². The summed E-state index contributed by atoms with van der Waals surface area (Å²) in [5.41, 5.74) is 5.45. The summed E-state index contributed by atoms with van der Waals surface area (Å²) in [6.07, 6.45) is 41.8. The van der Waals surface area contributed by atoms with Crippen molar-refractivity contribution in [3.63, 3.8) is 0 Å². The lowest BCUT2D eigenvalue weighted by molar-refractivity contribution is -0.141. The van der Waals surface area contributed by atoms with E-state index < -0.39 is 19.8 Å². The minimum atomic E-state index is -4.33. The first kappa shape index (κ1) is 44.0. The van der Waals surface area contributed by atoms with Crippen molar-refractivity contribution in [2.75, 3.05) is 13.2 Å². The lowest BCUT2D eigenvalue weighted by Gasteiger charge is -2.16. The second-order valence-corrected chi connectivity index (χ2v) is 13.5. The maximum atomic E-state index is 12.9. The first-order valence-electron chi connectivity index (χ1n) is 18.5. The van der Waals surface area contributed by atoms with Gasteiger partial charge in [0.1, 0.15) is 0 Å². The molecule has 8 heteroatoms. The van der Waals surface area contributed by atoms with E-state index >= 15 is 0 Å². The number of phosphoric ester groups is 1. The van der Waals surface area contributed by atoms with Crippen molar-refractivity contribution in [1.82, 2.24) is 0 Å². The van der Waals surface area contributed by atoms with Crippen LogP contribution in [0.2, 0.25) is 0 Å². The van der Waals surface area contributed by atoms with Crippen molar-refractivity contribution in [1.29, 1.82) is 0 Å². The fourth-order valence-corrected chi connectivity index (χ4v) is 5.89. The largest absolute Gasteiger partial charge is 0.592 e. The van der Waals surface area contributed by atoms with E-state index in [9.17, 15) is 14.2 Å². The third kappa shape index (κ3) is 32.0. The molecule has 0 saturated carbocycles. The third-order valence-electron chi connectivity index (χ3n) is 7.46. The van der Waals surface area contributed by atoms with Gasteiger partial charge in [-0.15, -0.1) is 0 Å². The van der Waals surface area contributed by atoms with Gasteiger partial charge in [-0.05, 0) is 77.0 Å². The summed E-state index contributed by atoms with van der Waals surface area (Å²) in [5.74, 6) is -1.37. The van der Waals surface area contributed by atoms with Crippen LogP contribution in [0.15, 0.2) is 48.6 Å². The summed E-state index contributed by atoms with van der Waals surface area (Å²) < 4.78 is 28.1. The highest BCUT2D eigenvalue weighted by Gasteiger charge is 2.34. The average Bonchev–Trinajstić information content (AvgIpc) is 3.03. The van der Waals surface area contributed by atoms with Crippen molar-refractivity contribution in [2.24, 2.45) is 5.73 Å². The topological polar surface area (TPSA) is 105 Å². The lowest BCUT2D eigenvalue weighted by Crippen LogP contribution is -2.14. The zero-order chi connectivity index (χ0) is 33.8. The van der Waals surface area contributed by atoms with Crippen molar-refractivity contribution in [3.8, 4) is 0 Å². The Morgan fingerprint density at radius 2 is 0.870 bits per heavy atom. The van der Waals surface area contributed by atoms with Gasteiger partial charge in [-0.1, -0.05) is 127 Å². The number of carbonyl (C=O) groups is 2. The zero-order valence-electron chi connectivity index (χ0n) is 29.5. The number of nitrogens with two attached hydrogens (primary N) is 1. The highest BCUT2D eigenvalue weighted by Crippen LogP contribution is 2.50. The fourth-order valence-electron chi connectivity index (χ4n) is 4.74. The minimum Gasteiger partial charge on any atom is -0.361 e. The second-order valence-electron chi connectivity index (χ2n) is 12.0. The highest BCUT2D eigenvalue weighted by molar-refractivity contribution is 7.49. The third-order valence-corrected chi connectivity index (χ3v) is 8.81. The normalized spacial score (nSPS) is 12.3. The Morgan fingerprint density at radius 3 is 1.24 bits per heavy atom. The van der Waals surface area contributed by atoms with Gasteiger partial charge in [0, 0.05) is 19.4 Å². The van der Waals surface area contributed by atoms with E-state index in [1.54, 1.807) is 0 Å². The molecule has 2 N–H and O–H groups in total. The summed E-state index contributed by atoms with van der Waals surface area (Å²) in [5, 5.41) is 0. The Kier molecular flexibility index (Phi) is 32.9. The number of carbonyl (C=O) groups excluding carboxylic acids is 2. The summed E-state index contributed by atoms with van der Waals surface area (Å²) in [6, 6.07) is 0. The van der Waals surface area contributed by atoms with Crippen LogP contribution in [0.4, 0.5) is 0 Å². The molecule has 0 heterocycles. The summed E-state index contributed by atoms with van der Waals surface area (Å²) in [4.78, 5) is 24.7. The standard InChI is InChI=1S/C38H68NO6P/c1-3-5-7-9-11-13-15-17-19-21-23-25-27-29-31-33-37(40)44-46(42,43-36-35-39)45-38(41)34-32-30-28-26-24-22-20-18-16-14-12-10-8-6-4-2/h11-14,17-20H,3-10,15-16,21-36,39H2,1-2H3/b13-11-,14-12-,19-17-,20-18-. The van der Waals surface area contributed by atoms with Gasteiger partial charge in [-0.25, -0.2) is 4.57 Å². The quantitative estimate of drug-likeness (QED) is 0.0422. The molecule has 0 fully saturated rings. The van der Waals surface area contributed by atoms with Gasteiger partial charge in [0.25, 0.3) is 0 Å². The number of allylic oxidation sites excluding steroid dienone is 8. The molecule has 266 valence electrons. The van der Waals surface area contributed by atoms with E-state index in [1.165, 1.54) is 51.4 Å². The Hall–Kier alpha value is -1.95. The predicted molar refractivity (Wildman–Crippen MR) is 194 cm³/mol. The molecule has 0 atom stereocenters. The molecule has 0 rings (SSSR count). The molecule has 0 saturated heterocycles. The zero-order valence-corrected chi connectivity index (χ0v) is 30.4. The van der Waals surface area contributed by atoms with Crippen LogP contribution < -0.4 is 5.73 Å². The predicted octanol–water partition coefficient (Wildman–Crippen LogP) is 11.8. The van der Waals surface area contributed by atoms with E-state index in [4.69, 9.17) is 19.3 Å². The lowest BCUT2D eigenvalue weighted by atomic mass is 10.1. The van der Waals surface area contributed by atoms with Crippen LogP contribution in [0, 0.1) is 0 Å². The molecule has 0 aromatic carbocycles. The molecular weight excluding hydrogens is 597 g/mol. The van der Waals surface area contributed by atoms with Crippen LogP contribution in [0.3, 0.4) is 0 Å². The monoisotopic (exact) mass is 665 g/mol.